The Kier molecular flexibility index (Phi) is 8.73. The standard InChI is InChI=1S/C5H9NO2.CH4.H2/c1-6(5-8)3-2-4-7;;/h4-5H,2-3H2,1H3;1H4;1H/i;;1+2. The largest absolute Gasteiger partial charge is 0.348 e. The van der Waals surface area contributed by atoms with Crippen LogP contribution in [0.2, 0.25) is 0 Å². The van der Waals surface area contributed by atoms with Crippen LogP contribution in [0.5, 0.6) is 0 Å². The number of nitrogens with zero attached hydrogens (tertiary/aromatic N) is 1. The number of rotatable bonds is 4. The Morgan fingerprint density at radius 2 is 2.11 bits per heavy atom. The second-order valence-electron chi connectivity index (χ2n) is 1.54. The fourth-order valence-corrected chi connectivity index (χ4v) is 0.309. The quantitative estimate of drug-likeness (QED) is 0.528. The first kappa shape index (κ1) is 11.0. The van der Waals surface area contributed by atoms with Gasteiger partial charge in [0.25, 0.3) is 0 Å². The number of hydrogen-bond acceptors (Lipinski definition) is 2. The Labute approximate surface area is 57.1 Å². The molecule has 3 heteroatoms. The molecule has 0 aromatic carbocycles. The molecule has 0 bridgehead atoms. The van der Waals surface area contributed by atoms with Crippen molar-refractivity contribution in [1.29, 1.82) is 0 Å². The molecule has 0 unspecified atom stereocenters. The van der Waals surface area contributed by atoms with Crippen LogP contribution in [0.15, 0.2) is 0 Å². The molecule has 0 N–H and O–H groups in total. The van der Waals surface area contributed by atoms with Crippen molar-refractivity contribution in [1.82, 2.24) is 4.90 Å². The first-order chi connectivity index (χ1) is 3.81. The fourth-order valence-electron chi connectivity index (χ4n) is 0.309. The maximum Gasteiger partial charge on any atom is 0.209 e. The highest BCUT2D eigenvalue weighted by molar-refractivity contribution is 5.52. The summed E-state index contributed by atoms with van der Waals surface area (Å²) in [6.45, 7) is 0.521. The zero-order chi connectivity index (χ0) is 6.41. The molecule has 0 aliphatic rings. The van der Waals surface area contributed by atoms with Gasteiger partial charge in [0.2, 0.25) is 6.41 Å². The molecule has 0 saturated carbocycles. The zero-order valence-electron chi connectivity index (χ0n) is 4.83. The van der Waals surface area contributed by atoms with Crippen LogP contribution in [0.1, 0.15) is 15.3 Å². The van der Waals surface area contributed by atoms with Gasteiger partial charge in [0.1, 0.15) is 6.29 Å². The number of amides is 1. The van der Waals surface area contributed by atoms with Gasteiger partial charge in [-0.25, -0.2) is 0 Å². The molecule has 0 aromatic rings. The molecule has 0 fully saturated rings. The lowest BCUT2D eigenvalue weighted by Gasteiger charge is -2.04. The summed E-state index contributed by atoms with van der Waals surface area (Å²) >= 11 is 0. The summed E-state index contributed by atoms with van der Waals surface area (Å²) in [4.78, 5) is 20.9. The van der Waals surface area contributed by atoms with Crippen LogP contribution in [0.3, 0.4) is 0 Å². The van der Waals surface area contributed by atoms with Gasteiger partial charge < -0.3 is 9.69 Å². The summed E-state index contributed by atoms with van der Waals surface area (Å²) in [6, 6.07) is 0. The minimum Gasteiger partial charge on any atom is -0.348 e. The highest BCUT2D eigenvalue weighted by Crippen LogP contribution is 1.76. The van der Waals surface area contributed by atoms with Gasteiger partial charge in [-0.05, 0) is 0 Å². The van der Waals surface area contributed by atoms with Crippen molar-refractivity contribution in [2.75, 3.05) is 13.6 Å². The molecule has 9 heavy (non-hydrogen) atoms. The molecule has 0 rings (SSSR count). The van der Waals surface area contributed by atoms with E-state index in [0.29, 0.717) is 19.4 Å². The van der Waals surface area contributed by atoms with Gasteiger partial charge in [0.15, 0.2) is 0 Å². The molecule has 0 radical (unpaired) electrons. The van der Waals surface area contributed by atoms with Gasteiger partial charge in [-0.2, -0.15) is 0 Å². The first-order valence-corrected chi connectivity index (χ1v) is 2.40. The van der Waals surface area contributed by atoms with E-state index in [-0.39, 0.29) is 8.85 Å². The second kappa shape index (κ2) is 7.14. The Hall–Kier alpha value is -0.860. The summed E-state index contributed by atoms with van der Waals surface area (Å²) in [7, 11) is 1.64. The van der Waals surface area contributed by atoms with E-state index in [1.54, 1.807) is 7.05 Å². The summed E-state index contributed by atoms with van der Waals surface area (Å²) in [5.41, 5.74) is 0. The third-order valence-corrected chi connectivity index (χ3v) is 0.780. The van der Waals surface area contributed by atoms with Crippen LogP contribution < -0.4 is 0 Å². The summed E-state index contributed by atoms with van der Waals surface area (Å²) in [5, 5.41) is 0. The van der Waals surface area contributed by atoms with Crippen molar-refractivity contribution in [3.05, 3.63) is 0 Å². The minimum absolute atomic E-state index is 0. The Bertz CT molecular complexity index is 87.8. The van der Waals surface area contributed by atoms with Gasteiger partial charge in [0, 0.05) is 21.4 Å². The average Bonchev–Trinajstić information content (AvgIpc) is 1.83. The summed E-state index contributed by atoms with van der Waals surface area (Å²) < 4.78 is 0. The van der Waals surface area contributed by atoms with E-state index in [4.69, 9.17) is 0 Å². The van der Waals surface area contributed by atoms with Crippen LogP contribution in [0.4, 0.5) is 0 Å². The maximum atomic E-state index is 9.82. The zero-order valence-corrected chi connectivity index (χ0v) is 4.83. The molecule has 0 spiro atoms. The Morgan fingerprint density at radius 1 is 1.56 bits per heavy atom. The highest BCUT2D eigenvalue weighted by atomic mass is 16.1. The molecule has 1 amide bonds. The van der Waals surface area contributed by atoms with Crippen LogP contribution >= 0.6 is 0 Å². The molecule has 0 heterocycles. The van der Waals surface area contributed by atoms with Crippen molar-refractivity contribution in [3.63, 3.8) is 0 Å². The van der Waals surface area contributed by atoms with E-state index < -0.39 is 0 Å². The monoisotopic (exact) mass is 135 g/mol. The molecule has 0 saturated heterocycles. The molecule has 0 aliphatic carbocycles. The van der Waals surface area contributed by atoms with Gasteiger partial charge >= 0.3 is 0 Å². The van der Waals surface area contributed by atoms with E-state index in [1.807, 2.05) is 0 Å². The lowest BCUT2D eigenvalue weighted by molar-refractivity contribution is -0.117. The van der Waals surface area contributed by atoms with Crippen molar-refractivity contribution in [2.24, 2.45) is 0 Å². The molecule has 0 aliphatic heterocycles. The smallest absolute Gasteiger partial charge is 0.209 e. The van der Waals surface area contributed by atoms with Crippen molar-refractivity contribution >= 4 is 12.7 Å². The second-order valence-corrected chi connectivity index (χ2v) is 1.54. The van der Waals surface area contributed by atoms with Gasteiger partial charge in [-0.15, -0.1) is 0 Å². The highest BCUT2D eigenvalue weighted by Gasteiger charge is 1.88. The molecular formula is C6H15NO2. The van der Waals surface area contributed by atoms with E-state index in [2.05, 4.69) is 0 Å². The fraction of sp³-hybridized carbons (Fsp3) is 0.667. The van der Waals surface area contributed by atoms with E-state index in [0.717, 1.165) is 6.29 Å². The summed E-state index contributed by atoms with van der Waals surface area (Å²) in [6.07, 6.45) is 1.92. The molecule has 3 nitrogen and oxygen atoms in total. The predicted octanol–water partition coefficient (Wildman–Crippen LogP) is 0.546. The average molecular weight is 135 g/mol. The predicted molar refractivity (Wildman–Crippen MR) is 38.2 cm³/mol. The van der Waals surface area contributed by atoms with E-state index in [1.165, 1.54) is 4.90 Å². The van der Waals surface area contributed by atoms with Crippen LogP contribution in [-0.2, 0) is 9.59 Å². The molecule has 0 aromatic heterocycles. The van der Waals surface area contributed by atoms with E-state index >= 15 is 0 Å². The lowest BCUT2D eigenvalue weighted by atomic mass is 10.4. The van der Waals surface area contributed by atoms with Crippen molar-refractivity contribution in [3.8, 4) is 0 Å². The van der Waals surface area contributed by atoms with Crippen LogP contribution in [0.25, 0.3) is 0 Å². The van der Waals surface area contributed by atoms with Crippen molar-refractivity contribution in [2.45, 2.75) is 13.8 Å². The van der Waals surface area contributed by atoms with Gasteiger partial charge in [-0.1, -0.05) is 7.43 Å². The molecule has 56 valence electrons. The first-order valence-electron chi connectivity index (χ1n) is 2.40. The number of carbonyl (C=O) groups is 2. The molecular weight excluding hydrogens is 118 g/mol. The normalized spacial score (nSPS) is 7.22. The molecule has 0 atom stereocenters. The van der Waals surface area contributed by atoms with Gasteiger partial charge in [-0.3, -0.25) is 4.79 Å². The minimum atomic E-state index is 0. The SMILES string of the molecule is C.CN(C=O)CCC=O.[3HH]. The Balaban J connectivity index is -0.000000245. The number of hydrogen-bond donors (Lipinski definition) is 0. The number of carbonyl (C=O) groups excluding carboxylic acids is 2. The maximum absolute atomic E-state index is 9.82. The van der Waals surface area contributed by atoms with Gasteiger partial charge in [0.05, 0.1) is 0 Å². The number of aldehydes is 1. The summed E-state index contributed by atoms with van der Waals surface area (Å²) in [5.74, 6) is 0. The topological polar surface area (TPSA) is 37.4 Å². The lowest BCUT2D eigenvalue weighted by Crippen LogP contribution is -2.16. The van der Waals surface area contributed by atoms with Crippen LogP contribution in [0, 0.1) is 0 Å². The van der Waals surface area contributed by atoms with Crippen molar-refractivity contribution < 1.29 is 11.0 Å². The Morgan fingerprint density at radius 3 is 2.44 bits per heavy atom. The third-order valence-electron chi connectivity index (χ3n) is 0.780. The third kappa shape index (κ3) is 7.14. The van der Waals surface area contributed by atoms with Crippen LogP contribution in [-0.4, -0.2) is 31.2 Å². The van der Waals surface area contributed by atoms with E-state index in [9.17, 15) is 9.59 Å².